The van der Waals surface area contributed by atoms with Crippen LogP contribution >= 0.6 is 14.8 Å². The monoisotopic (exact) mass is 255 g/mol. The third-order valence-electron chi connectivity index (χ3n) is 0. The van der Waals surface area contributed by atoms with E-state index in [2.05, 4.69) is 0 Å². The van der Waals surface area contributed by atoms with Gasteiger partial charge in [0.05, 0.1) is 0 Å². The Morgan fingerprint density at radius 2 is 1.20 bits per heavy atom. The summed E-state index contributed by atoms with van der Waals surface area (Å²) in [4.78, 5) is 0. The first-order valence-corrected chi connectivity index (χ1v) is 7.98. The third-order valence-corrected chi connectivity index (χ3v) is 0. The summed E-state index contributed by atoms with van der Waals surface area (Å²) in [5, 5.41) is 15.3. The summed E-state index contributed by atoms with van der Waals surface area (Å²) < 4.78 is 0. The zero-order valence-corrected chi connectivity index (χ0v) is 12.0. The van der Waals surface area contributed by atoms with Crippen molar-refractivity contribution >= 4 is 14.8 Å². The maximum absolute atomic E-state index is 8.63. The van der Waals surface area contributed by atoms with Crippen LogP contribution in [0.25, 0.3) is 5.16 Å². The molecule has 0 atom stereocenters. The van der Waals surface area contributed by atoms with Crippen LogP contribution in [-0.4, -0.2) is 33.3 Å². The summed E-state index contributed by atoms with van der Waals surface area (Å²) in [5.41, 5.74) is 0. The van der Waals surface area contributed by atoms with Gasteiger partial charge in [-0.15, -0.1) is 5.16 Å². The summed E-state index contributed by atoms with van der Waals surface area (Å²) in [6.07, 6.45) is 0. The van der Waals surface area contributed by atoms with Crippen LogP contribution in [0.1, 0.15) is 0 Å². The fourth-order valence-corrected chi connectivity index (χ4v) is 0. The van der Waals surface area contributed by atoms with E-state index in [9.17, 15) is 0 Å². The van der Waals surface area contributed by atoms with E-state index >= 15 is 0 Å². The maximum atomic E-state index is 8.63. The van der Waals surface area contributed by atoms with Crippen LogP contribution in [0.5, 0.6) is 0 Å². The Kier molecular flexibility index (Phi) is 14.9. The van der Waals surface area contributed by atoms with Crippen molar-refractivity contribution in [2.24, 2.45) is 0 Å². The molecule has 0 aromatic rings. The first-order chi connectivity index (χ1) is 3.73. The van der Waals surface area contributed by atoms with Gasteiger partial charge in [0.2, 0.25) is 0 Å². The SMILES string of the molecule is CP(C)(C)=[N-].C[P+](C)=N.[Y]. The molecule has 1 radical (unpaired) electrons. The van der Waals surface area contributed by atoms with Crippen LogP contribution < -0.4 is 0 Å². The molecule has 1 N–H and O–H groups in total. The molecule has 2 nitrogen and oxygen atoms in total. The first-order valence-electron chi connectivity index (χ1n) is 2.66. The predicted octanol–water partition coefficient (Wildman–Crippen LogP) is 3.13. The molecule has 0 aromatic carbocycles. The molecule has 0 bridgehead atoms. The smallest absolute Gasteiger partial charge is 0.189 e. The van der Waals surface area contributed by atoms with Crippen molar-refractivity contribution in [1.82, 2.24) is 0 Å². The molecule has 0 saturated heterocycles. The summed E-state index contributed by atoms with van der Waals surface area (Å²) in [7, 11) is -1.76. The molecule has 0 aliphatic carbocycles. The van der Waals surface area contributed by atoms with Crippen molar-refractivity contribution in [2.75, 3.05) is 33.3 Å². The molecular formula is C5H16N2P2Y. The van der Waals surface area contributed by atoms with Crippen LogP contribution in [0.4, 0.5) is 0 Å². The molecule has 0 unspecified atom stereocenters. The fraction of sp³-hybridized carbons (Fsp3) is 1.00. The fourth-order valence-electron chi connectivity index (χ4n) is 0. The average Bonchev–Trinajstić information content (AvgIpc) is 1.19. The van der Waals surface area contributed by atoms with Gasteiger partial charge in [-0.1, -0.05) is 20.0 Å². The van der Waals surface area contributed by atoms with Gasteiger partial charge >= 0.3 is 0 Å². The van der Waals surface area contributed by atoms with Gasteiger partial charge < -0.3 is 5.16 Å². The van der Waals surface area contributed by atoms with Crippen LogP contribution in [-0.2, 0) is 32.7 Å². The third kappa shape index (κ3) is 326. The Morgan fingerprint density at radius 3 is 1.20 bits per heavy atom. The second-order valence-corrected chi connectivity index (χ2v) is 8.51. The molecule has 59 valence electrons. The molecule has 10 heavy (non-hydrogen) atoms. The summed E-state index contributed by atoms with van der Waals surface area (Å²) >= 11 is 0. The molecule has 5 heteroatoms. The predicted molar refractivity (Wildman–Crippen MR) is 49.5 cm³/mol. The quantitative estimate of drug-likeness (QED) is 0.646. The minimum atomic E-state index is -1.39. The number of nitrogens with one attached hydrogen (secondary N) is 1. The molecule has 0 aromatic heterocycles. The Morgan fingerprint density at radius 1 is 1.20 bits per heavy atom. The van der Waals surface area contributed by atoms with Gasteiger partial charge in [0.25, 0.3) is 0 Å². The van der Waals surface area contributed by atoms with E-state index in [1.54, 1.807) is 0 Å². The Bertz CT molecular complexity index is 117. The zero-order chi connectivity index (χ0) is 8.08. The van der Waals surface area contributed by atoms with E-state index in [0.717, 1.165) is 0 Å². The van der Waals surface area contributed by atoms with Gasteiger partial charge in [-0.25, -0.2) is 7.05 Å². The minimum absolute atomic E-state index is 0. The molecular weight excluding hydrogens is 239 g/mol. The van der Waals surface area contributed by atoms with Gasteiger partial charge in [-0.3, -0.25) is 0 Å². The van der Waals surface area contributed by atoms with Gasteiger partial charge in [0.15, 0.2) is 7.71 Å². The van der Waals surface area contributed by atoms with E-state index in [-0.39, 0.29) is 40.4 Å². The van der Waals surface area contributed by atoms with Crippen molar-refractivity contribution < 1.29 is 32.7 Å². The van der Waals surface area contributed by atoms with E-state index < -0.39 is 7.05 Å². The van der Waals surface area contributed by atoms with Crippen molar-refractivity contribution in [1.29, 1.82) is 5.16 Å². The number of nitrogens with zero attached hydrogens (tertiary/aromatic N) is 1. The molecule has 0 aliphatic heterocycles. The Hall–Kier alpha value is 1.43. The van der Waals surface area contributed by atoms with Crippen LogP contribution in [0.2, 0.25) is 0 Å². The second-order valence-electron chi connectivity index (χ2n) is 2.84. The molecule has 0 rings (SSSR count). The van der Waals surface area contributed by atoms with Crippen LogP contribution in [0, 0.1) is 5.16 Å². The molecule has 0 amide bonds. The summed E-state index contributed by atoms with van der Waals surface area (Å²) in [5.74, 6) is 0. The van der Waals surface area contributed by atoms with Crippen molar-refractivity contribution in [2.45, 2.75) is 0 Å². The van der Waals surface area contributed by atoms with E-state index in [1.165, 1.54) is 0 Å². The standard InChI is InChI=1S/C3H9NP.C2H7NP.Y/c1-5(2,3)4;1-4(2)3;/h1-3H3;3H,1-2H3;/q-1;+1;. The van der Waals surface area contributed by atoms with Crippen molar-refractivity contribution in [3.05, 3.63) is 5.16 Å². The maximum Gasteiger partial charge on any atom is 0.189 e. The second kappa shape index (κ2) is 8.53. The number of rotatable bonds is 0. The molecule has 0 aliphatic rings. The summed E-state index contributed by atoms with van der Waals surface area (Å²) in [6.45, 7) is 9.36. The van der Waals surface area contributed by atoms with Gasteiger partial charge in [-0.2, -0.15) is 0 Å². The molecule has 0 spiro atoms. The number of hydrogen-bond acceptors (Lipinski definition) is 1. The summed E-state index contributed by atoms with van der Waals surface area (Å²) in [6, 6.07) is 0. The molecule has 0 heterocycles. The van der Waals surface area contributed by atoms with Gasteiger partial charge in [-0.05, 0) is 0 Å². The Balaban J connectivity index is -0.0000000910. The van der Waals surface area contributed by atoms with E-state index in [0.29, 0.717) is 0 Å². The van der Waals surface area contributed by atoms with Crippen LogP contribution in [0.15, 0.2) is 0 Å². The Labute approximate surface area is 90.6 Å². The first kappa shape index (κ1) is 17.5. The van der Waals surface area contributed by atoms with Crippen molar-refractivity contribution in [3.63, 3.8) is 0 Å². The minimum Gasteiger partial charge on any atom is -0.809 e. The van der Waals surface area contributed by atoms with Gasteiger partial charge in [0.1, 0.15) is 13.3 Å². The number of hydrogen-bond donors (Lipinski definition) is 1. The zero-order valence-electron chi connectivity index (χ0n) is 7.42. The largest absolute Gasteiger partial charge is 0.809 e. The van der Waals surface area contributed by atoms with Gasteiger partial charge in [0, 0.05) is 32.7 Å². The molecule has 0 fully saturated rings. The van der Waals surface area contributed by atoms with E-state index in [4.69, 9.17) is 10.3 Å². The normalized spacial score (nSPS) is 8.50. The van der Waals surface area contributed by atoms with Crippen LogP contribution in [0.3, 0.4) is 0 Å². The molecule has 0 saturated carbocycles. The van der Waals surface area contributed by atoms with E-state index in [1.807, 2.05) is 33.3 Å². The topological polar surface area (TPSA) is 46.2 Å². The average molecular weight is 255 g/mol. The van der Waals surface area contributed by atoms with Crippen molar-refractivity contribution in [3.8, 4) is 0 Å².